The Labute approximate surface area is 96.9 Å². The second-order valence-electron chi connectivity index (χ2n) is 4.81. The quantitative estimate of drug-likeness (QED) is 0.679. The molecule has 92 valence electrons. The number of carbonyl (C=O) groups excluding carboxylic acids is 1. The number of sulfone groups is 1. The normalized spacial score (nSPS) is 28.9. The number of rotatable bonds is 1. The van der Waals surface area contributed by atoms with E-state index >= 15 is 0 Å². The highest BCUT2D eigenvalue weighted by atomic mass is 32.2. The smallest absolute Gasteiger partial charge is 0.150 e. The molecule has 2 saturated heterocycles. The minimum absolute atomic E-state index is 0.322. The molecular weight excluding hydrogens is 226 g/mol. The average Bonchev–Trinajstić information content (AvgIpc) is 2.43. The van der Waals surface area contributed by atoms with Crippen LogP contribution in [0.2, 0.25) is 0 Å². The molecule has 0 atom stereocenters. The zero-order chi connectivity index (χ0) is 11.6. The highest BCUT2D eigenvalue weighted by molar-refractivity contribution is 7.91. The van der Waals surface area contributed by atoms with Crippen molar-refractivity contribution >= 4 is 15.6 Å². The van der Waals surface area contributed by atoms with E-state index in [2.05, 4.69) is 4.90 Å². The summed E-state index contributed by atoms with van der Waals surface area (Å²) < 4.78 is 22.7. The standard InChI is InChI=1S/C11H19NO3S/c13-11-2-1-6-12(7-3-11)10-4-8-16(14,15)9-5-10/h10H,1-9H2. The van der Waals surface area contributed by atoms with Crippen molar-refractivity contribution in [3.63, 3.8) is 0 Å². The van der Waals surface area contributed by atoms with Crippen LogP contribution in [0.15, 0.2) is 0 Å². The van der Waals surface area contributed by atoms with Gasteiger partial charge in [-0.3, -0.25) is 9.69 Å². The van der Waals surface area contributed by atoms with Crippen LogP contribution < -0.4 is 0 Å². The van der Waals surface area contributed by atoms with Crippen molar-refractivity contribution in [1.29, 1.82) is 0 Å². The molecule has 0 bridgehead atoms. The van der Waals surface area contributed by atoms with Gasteiger partial charge in [-0.25, -0.2) is 8.42 Å². The molecule has 4 nitrogen and oxygen atoms in total. The molecule has 0 aromatic rings. The number of nitrogens with zero attached hydrogens (tertiary/aromatic N) is 1. The molecule has 0 unspecified atom stereocenters. The van der Waals surface area contributed by atoms with Gasteiger partial charge in [0.05, 0.1) is 11.5 Å². The molecule has 0 aromatic heterocycles. The molecule has 0 amide bonds. The van der Waals surface area contributed by atoms with Crippen LogP contribution in [0.1, 0.15) is 32.1 Å². The third kappa shape index (κ3) is 3.04. The van der Waals surface area contributed by atoms with Gasteiger partial charge in [0.1, 0.15) is 15.6 Å². The van der Waals surface area contributed by atoms with Gasteiger partial charge in [0, 0.05) is 25.4 Å². The monoisotopic (exact) mass is 245 g/mol. The van der Waals surface area contributed by atoms with E-state index in [9.17, 15) is 13.2 Å². The number of hydrogen-bond acceptors (Lipinski definition) is 4. The first-order chi connectivity index (χ1) is 7.57. The summed E-state index contributed by atoms with van der Waals surface area (Å²) >= 11 is 0. The number of likely N-dealkylation sites (tertiary alicyclic amines) is 1. The number of carbonyl (C=O) groups is 1. The lowest BCUT2D eigenvalue weighted by atomic mass is 10.1. The van der Waals surface area contributed by atoms with Gasteiger partial charge in [0.25, 0.3) is 0 Å². The Kier molecular flexibility index (Phi) is 3.64. The largest absolute Gasteiger partial charge is 0.300 e. The van der Waals surface area contributed by atoms with Crippen LogP contribution >= 0.6 is 0 Å². The maximum atomic E-state index is 11.3. The molecule has 2 heterocycles. The van der Waals surface area contributed by atoms with Crippen LogP contribution in [-0.4, -0.2) is 49.7 Å². The molecule has 0 N–H and O–H groups in total. The van der Waals surface area contributed by atoms with Crippen molar-refractivity contribution in [2.75, 3.05) is 24.6 Å². The molecule has 0 aromatic carbocycles. The molecule has 5 heteroatoms. The predicted octanol–water partition coefficient (Wildman–Crippen LogP) is 0.619. The second-order valence-corrected chi connectivity index (χ2v) is 7.11. The van der Waals surface area contributed by atoms with Gasteiger partial charge in [-0.05, 0) is 25.8 Å². The summed E-state index contributed by atoms with van der Waals surface area (Å²) in [5, 5.41) is 0. The SMILES string of the molecule is O=C1CCCN(C2CCS(=O)(=O)CC2)CC1. The lowest BCUT2D eigenvalue weighted by Gasteiger charge is -2.33. The molecule has 0 saturated carbocycles. The average molecular weight is 245 g/mol. The number of hydrogen-bond donors (Lipinski definition) is 0. The predicted molar refractivity (Wildman–Crippen MR) is 62.1 cm³/mol. The van der Waals surface area contributed by atoms with E-state index in [1.54, 1.807) is 0 Å². The van der Waals surface area contributed by atoms with Crippen molar-refractivity contribution in [1.82, 2.24) is 4.90 Å². The maximum Gasteiger partial charge on any atom is 0.150 e. The molecule has 2 aliphatic heterocycles. The highest BCUT2D eigenvalue weighted by Gasteiger charge is 2.28. The van der Waals surface area contributed by atoms with Gasteiger partial charge in [-0.15, -0.1) is 0 Å². The first-order valence-electron chi connectivity index (χ1n) is 6.03. The van der Waals surface area contributed by atoms with E-state index in [4.69, 9.17) is 0 Å². The number of ketones is 1. The lowest BCUT2D eigenvalue weighted by Crippen LogP contribution is -2.41. The zero-order valence-electron chi connectivity index (χ0n) is 9.52. The van der Waals surface area contributed by atoms with Gasteiger partial charge in [0.15, 0.2) is 0 Å². The molecule has 0 aliphatic carbocycles. The van der Waals surface area contributed by atoms with Crippen molar-refractivity contribution in [3.8, 4) is 0 Å². The van der Waals surface area contributed by atoms with Crippen LogP contribution in [0, 0.1) is 0 Å². The Morgan fingerprint density at radius 2 is 1.75 bits per heavy atom. The Hall–Kier alpha value is -0.420. The van der Waals surface area contributed by atoms with E-state index in [0.717, 1.165) is 32.4 Å². The van der Waals surface area contributed by atoms with Crippen molar-refractivity contribution < 1.29 is 13.2 Å². The molecule has 2 fully saturated rings. The van der Waals surface area contributed by atoms with E-state index < -0.39 is 9.84 Å². The third-order valence-electron chi connectivity index (χ3n) is 3.62. The molecule has 0 radical (unpaired) electrons. The van der Waals surface area contributed by atoms with Crippen molar-refractivity contribution in [3.05, 3.63) is 0 Å². The van der Waals surface area contributed by atoms with Gasteiger partial charge < -0.3 is 0 Å². The van der Waals surface area contributed by atoms with Gasteiger partial charge in [-0.1, -0.05) is 0 Å². The summed E-state index contributed by atoms with van der Waals surface area (Å²) in [6.45, 7) is 1.78. The van der Waals surface area contributed by atoms with E-state index in [1.807, 2.05) is 0 Å². The topological polar surface area (TPSA) is 54.5 Å². The van der Waals surface area contributed by atoms with Crippen LogP contribution in [0.4, 0.5) is 0 Å². The summed E-state index contributed by atoms with van der Waals surface area (Å²) in [6.07, 6.45) is 3.76. The van der Waals surface area contributed by atoms with Gasteiger partial charge >= 0.3 is 0 Å². The fourth-order valence-electron chi connectivity index (χ4n) is 2.59. The fourth-order valence-corrected chi connectivity index (χ4v) is 4.06. The van der Waals surface area contributed by atoms with Crippen LogP contribution in [-0.2, 0) is 14.6 Å². The summed E-state index contributed by atoms with van der Waals surface area (Å²) in [6, 6.07) is 0.384. The molecule has 2 rings (SSSR count). The summed E-state index contributed by atoms with van der Waals surface area (Å²) in [5.74, 6) is 0.996. The Balaban J connectivity index is 1.91. The second kappa shape index (κ2) is 4.84. The lowest BCUT2D eigenvalue weighted by molar-refractivity contribution is -0.118. The highest BCUT2D eigenvalue weighted by Crippen LogP contribution is 2.20. The fraction of sp³-hybridized carbons (Fsp3) is 0.909. The van der Waals surface area contributed by atoms with Gasteiger partial charge in [-0.2, -0.15) is 0 Å². The van der Waals surface area contributed by atoms with E-state index in [-0.39, 0.29) is 0 Å². The molecule has 2 aliphatic rings. The maximum absolute atomic E-state index is 11.3. The molecular formula is C11H19NO3S. The van der Waals surface area contributed by atoms with Gasteiger partial charge in [0.2, 0.25) is 0 Å². The summed E-state index contributed by atoms with van der Waals surface area (Å²) in [7, 11) is -2.77. The summed E-state index contributed by atoms with van der Waals surface area (Å²) in [5.41, 5.74) is 0. The number of Topliss-reactive ketones (excluding diaryl/α,β-unsaturated/α-hetero) is 1. The van der Waals surface area contributed by atoms with Crippen LogP contribution in [0.25, 0.3) is 0 Å². The third-order valence-corrected chi connectivity index (χ3v) is 5.33. The van der Waals surface area contributed by atoms with Crippen LogP contribution in [0.3, 0.4) is 0 Å². The van der Waals surface area contributed by atoms with E-state index in [0.29, 0.717) is 36.2 Å². The van der Waals surface area contributed by atoms with E-state index in [1.165, 1.54) is 0 Å². The zero-order valence-corrected chi connectivity index (χ0v) is 10.3. The Morgan fingerprint density at radius 3 is 2.44 bits per heavy atom. The first-order valence-corrected chi connectivity index (χ1v) is 7.85. The first kappa shape index (κ1) is 12.0. The Bertz CT molecular complexity index is 349. The Morgan fingerprint density at radius 1 is 1.06 bits per heavy atom. The molecule has 16 heavy (non-hydrogen) atoms. The minimum atomic E-state index is -2.77. The minimum Gasteiger partial charge on any atom is -0.300 e. The van der Waals surface area contributed by atoms with Crippen molar-refractivity contribution in [2.45, 2.75) is 38.1 Å². The summed E-state index contributed by atoms with van der Waals surface area (Å²) in [4.78, 5) is 13.6. The van der Waals surface area contributed by atoms with Crippen LogP contribution in [0.5, 0.6) is 0 Å². The van der Waals surface area contributed by atoms with Crippen molar-refractivity contribution in [2.24, 2.45) is 0 Å². The molecule has 0 spiro atoms.